The molecule has 0 saturated heterocycles. The SMILES string of the molecule is Cc1nc(NCCOCC2CC2)nc(NC2CCC(CS(C)(=O)=O)C2)c1-c1nc2c(C3CC3)nccc2s1. The van der Waals surface area contributed by atoms with Crippen LogP contribution in [0.4, 0.5) is 11.8 Å². The van der Waals surface area contributed by atoms with Crippen molar-refractivity contribution in [3.63, 3.8) is 0 Å². The number of anilines is 2. The van der Waals surface area contributed by atoms with Crippen LogP contribution in [0.25, 0.3) is 20.8 Å². The fourth-order valence-corrected chi connectivity index (χ4v) is 7.62. The first kappa shape index (κ1) is 25.9. The molecule has 0 radical (unpaired) electrons. The van der Waals surface area contributed by atoms with Crippen LogP contribution in [0.15, 0.2) is 12.3 Å². The number of nitrogens with one attached hydrogen (secondary N) is 2. The summed E-state index contributed by atoms with van der Waals surface area (Å²) in [6.07, 6.45) is 10.7. The van der Waals surface area contributed by atoms with Gasteiger partial charge in [-0.15, -0.1) is 11.3 Å². The number of aromatic nitrogens is 4. The smallest absolute Gasteiger partial charge is 0.224 e. The number of hydrogen-bond donors (Lipinski definition) is 2. The Bertz CT molecular complexity index is 1420. The van der Waals surface area contributed by atoms with Gasteiger partial charge in [0.25, 0.3) is 0 Å². The molecule has 0 amide bonds. The summed E-state index contributed by atoms with van der Waals surface area (Å²) in [6.45, 7) is 4.10. The number of thiazole rings is 1. The lowest BCUT2D eigenvalue weighted by atomic mass is 10.1. The maximum Gasteiger partial charge on any atom is 0.224 e. The molecule has 2 atom stereocenters. The normalized spacial score (nSPS) is 21.7. The van der Waals surface area contributed by atoms with Crippen molar-refractivity contribution in [1.29, 1.82) is 0 Å². The molecule has 0 spiro atoms. The van der Waals surface area contributed by atoms with Crippen LogP contribution >= 0.6 is 11.3 Å². The summed E-state index contributed by atoms with van der Waals surface area (Å²) >= 11 is 1.65. The van der Waals surface area contributed by atoms with Crippen LogP contribution in [-0.2, 0) is 14.6 Å². The Morgan fingerprint density at radius 1 is 1.08 bits per heavy atom. The molecule has 11 heteroatoms. The summed E-state index contributed by atoms with van der Waals surface area (Å²) in [5.74, 6) is 2.99. The summed E-state index contributed by atoms with van der Waals surface area (Å²) in [5, 5.41) is 7.88. The lowest BCUT2D eigenvalue weighted by Crippen LogP contribution is -2.20. The highest BCUT2D eigenvalue weighted by Crippen LogP contribution is 2.44. The van der Waals surface area contributed by atoms with Crippen LogP contribution in [0.3, 0.4) is 0 Å². The maximum atomic E-state index is 11.9. The van der Waals surface area contributed by atoms with Gasteiger partial charge in [-0.05, 0) is 69.8 Å². The molecule has 2 N–H and O–H groups in total. The van der Waals surface area contributed by atoms with Gasteiger partial charge in [0.1, 0.15) is 26.2 Å². The highest BCUT2D eigenvalue weighted by molar-refractivity contribution is 7.90. The lowest BCUT2D eigenvalue weighted by Gasteiger charge is -2.18. The summed E-state index contributed by atoms with van der Waals surface area (Å²) in [4.78, 5) is 19.4. The van der Waals surface area contributed by atoms with E-state index < -0.39 is 9.84 Å². The molecule has 2 unspecified atom stereocenters. The molecule has 38 heavy (non-hydrogen) atoms. The van der Waals surface area contributed by atoms with Crippen molar-refractivity contribution in [2.75, 3.05) is 42.4 Å². The molecule has 0 aromatic carbocycles. The minimum absolute atomic E-state index is 0.155. The molecule has 3 aliphatic carbocycles. The maximum absolute atomic E-state index is 11.9. The van der Waals surface area contributed by atoms with Gasteiger partial charge in [-0.25, -0.2) is 18.4 Å². The molecule has 3 saturated carbocycles. The molecule has 0 bridgehead atoms. The van der Waals surface area contributed by atoms with Gasteiger partial charge in [-0.2, -0.15) is 4.98 Å². The van der Waals surface area contributed by atoms with E-state index in [9.17, 15) is 8.42 Å². The Hall–Kier alpha value is -2.37. The fourth-order valence-electron chi connectivity index (χ4n) is 5.40. The third-order valence-electron chi connectivity index (χ3n) is 7.60. The molecule has 3 fully saturated rings. The predicted molar refractivity (Wildman–Crippen MR) is 152 cm³/mol. The van der Waals surface area contributed by atoms with E-state index in [1.807, 2.05) is 19.2 Å². The number of fused-ring (bicyclic) bond motifs is 1. The fraction of sp³-hybridized carbons (Fsp3) is 0.630. The van der Waals surface area contributed by atoms with Crippen LogP contribution < -0.4 is 10.6 Å². The van der Waals surface area contributed by atoms with E-state index in [2.05, 4.69) is 15.6 Å². The first-order valence-corrected chi connectivity index (χ1v) is 16.6. The molecule has 204 valence electrons. The highest BCUT2D eigenvalue weighted by Gasteiger charge is 2.31. The van der Waals surface area contributed by atoms with Gasteiger partial charge in [-0.1, -0.05) is 0 Å². The van der Waals surface area contributed by atoms with Gasteiger partial charge >= 0.3 is 0 Å². The van der Waals surface area contributed by atoms with E-state index in [0.717, 1.165) is 69.8 Å². The quantitative estimate of drug-likeness (QED) is 0.303. The largest absolute Gasteiger partial charge is 0.379 e. The second-order valence-corrected chi connectivity index (χ2v) is 14.5. The molecule has 3 aromatic rings. The Labute approximate surface area is 228 Å². The zero-order valence-electron chi connectivity index (χ0n) is 22.1. The van der Waals surface area contributed by atoms with Gasteiger partial charge in [0.2, 0.25) is 5.95 Å². The Balaban J connectivity index is 1.26. The highest BCUT2D eigenvalue weighted by atomic mass is 32.2. The number of aryl methyl sites for hydroxylation is 1. The molecule has 3 aromatic heterocycles. The van der Waals surface area contributed by atoms with Crippen molar-refractivity contribution < 1.29 is 13.2 Å². The Morgan fingerprint density at radius 2 is 1.89 bits per heavy atom. The molecule has 0 aliphatic heterocycles. The monoisotopic (exact) mass is 556 g/mol. The van der Waals surface area contributed by atoms with Crippen LogP contribution in [0, 0.1) is 18.8 Å². The summed E-state index contributed by atoms with van der Waals surface area (Å²) in [5.41, 5.74) is 3.86. The van der Waals surface area contributed by atoms with Gasteiger partial charge in [0.05, 0.1) is 34.0 Å². The molecule has 3 heterocycles. The molecule has 6 rings (SSSR count). The number of sulfone groups is 1. The number of ether oxygens (including phenoxy) is 1. The summed E-state index contributed by atoms with van der Waals surface area (Å²) in [6, 6.07) is 2.19. The Morgan fingerprint density at radius 3 is 2.66 bits per heavy atom. The van der Waals surface area contributed by atoms with E-state index in [1.54, 1.807) is 11.3 Å². The van der Waals surface area contributed by atoms with Crippen LogP contribution in [0.1, 0.15) is 62.3 Å². The van der Waals surface area contributed by atoms with Gasteiger partial charge in [0.15, 0.2) is 0 Å². The van der Waals surface area contributed by atoms with Crippen molar-refractivity contribution >= 4 is 43.2 Å². The zero-order chi connectivity index (χ0) is 26.3. The molecular weight excluding hydrogens is 520 g/mol. The van der Waals surface area contributed by atoms with Crippen LogP contribution in [0.5, 0.6) is 0 Å². The third-order valence-corrected chi connectivity index (χ3v) is 9.72. The standard InChI is InChI=1S/C27H36N6O3S2/c1-16-22(26-32-24-21(37-26)9-10-28-23(24)19-6-7-19)25(31-20-8-5-18(13-20)15-38(2,34)35)33-27(30-16)29-11-12-36-14-17-3-4-17/h9-10,17-20H,3-8,11-15H2,1-2H3,(H2,29,30,31,33). The lowest BCUT2D eigenvalue weighted by molar-refractivity contribution is 0.133. The number of rotatable bonds is 12. The molecule has 3 aliphatic rings. The van der Waals surface area contributed by atoms with Crippen molar-refractivity contribution in [3.05, 3.63) is 23.7 Å². The van der Waals surface area contributed by atoms with E-state index in [-0.39, 0.29) is 17.7 Å². The van der Waals surface area contributed by atoms with Gasteiger partial charge in [-0.3, -0.25) is 4.98 Å². The molecular formula is C27H36N6O3S2. The minimum Gasteiger partial charge on any atom is -0.379 e. The zero-order valence-corrected chi connectivity index (χ0v) is 23.7. The van der Waals surface area contributed by atoms with Crippen molar-refractivity contribution in [2.24, 2.45) is 11.8 Å². The number of pyridine rings is 1. The topological polar surface area (TPSA) is 119 Å². The van der Waals surface area contributed by atoms with Crippen molar-refractivity contribution in [3.8, 4) is 10.6 Å². The number of nitrogens with zero attached hydrogens (tertiary/aromatic N) is 4. The average molecular weight is 557 g/mol. The van der Waals surface area contributed by atoms with E-state index >= 15 is 0 Å². The van der Waals surface area contributed by atoms with E-state index in [1.165, 1.54) is 31.9 Å². The van der Waals surface area contributed by atoms with E-state index in [0.29, 0.717) is 25.0 Å². The van der Waals surface area contributed by atoms with Gasteiger partial charge in [0, 0.05) is 37.6 Å². The van der Waals surface area contributed by atoms with Gasteiger partial charge < -0.3 is 15.4 Å². The summed E-state index contributed by atoms with van der Waals surface area (Å²) < 4.78 is 30.6. The second-order valence-electron chi connectivity index (χ2n) is 11.3. The first-order valence-electron chi connectivity index (χ1n) is 13.7. The minimum atomic E-state index is -3.00. The third kappa shape index (κ3) is 6.26. The van der Waals surface area contributed by atoms with Crippen LogP contribution in [-0.4, -0.2) is 66.2 Å². The van der Waals surface area contributed by atoms with E-state index in [4.69, 9.17) is 19.7 Å². The Kier molecular flexibility index (Phi) is 7.26. The predicted octanol–water partition coefficient (Wildman–Crippen LogP) is 4.80. The van der Waals surface area contributed by atoms with Crippen molar-refractivity contribution in [2.45, 2.75) is 63.8 Å². The number of hydrogen-bond acceptors (Lipinski definition) is 10. The molecule has 9 nitrogen and oxygen atoms in total. The average Bonchev–Trinajstić information content (AvgIpc) is 3.78. The summed E-state index contributed by atoms with van der Waals surface area (Å²) in [7, 11) is -3.00. The van der Waals surface area contributed by atoms with Crippen LogP contribution in [0.2, 0.25) is 0 Å². The first-order chi connectivity index (χ1) is 18.3. The van der Waals surface area contributed by atoms with Crippen molar-refractivity contribution in [1.82, 2.24) is 19.9 Å². The second kappa shape index (κ2) is 10.7.